The van der Waals surface area contributed by atoms with Gasteiger partial charge in [-0.3, -0.25) is 4.79 Å². The van der Waals surface area contributed by atoms with Gasteiger partial charge in [-0.15, -0.1) is 11.8 Å². The van der Waals surface area contributed by atoms with Gasteiger partial charge in [0, 0.05) is 28.9 Å². The van der Waals surface area contributed by atoms with Gasteiger partial charge in [0.1, 0.15) is 5.75 Å². The fraction of sp³-hybridized carbons (Fsp3) is 0.350. The van der Waals surface area contributed by atoms with Crippen LogP contribution in [0.5, 0.6) is 5.75 Å². The average molecular weight is 359 g/mol. The molecule has 2 aromatic carbocycles. The number of hydrogen-bond acceptors (Lipinski definition) is 4. The highest BCUT2D eigenvalue weighted by atomic mass is 32.2. The number of hydrogen-bond donors (Lipinski definition) is 1. The van der Waals surface area contributed by atoms with Crippen LogP contribution in [-0.4, -0.2) is 31.9 Å². The van der Waals surface area contributed by atoms with E-state index in [-0.39, 0.29) is 5.91 Å². The summed E-state index contributed by atoms with van der Waals surface area (Å²) in [5.74, 6) is 0.409. The zero-order valence-corrected chi connectivity index (χ0v) is 16.3. The predicted molar refractivity (Wildman–Crippen MR) is 107 cm³/mol. The first-order chi connectivity index (χ1) is 12.0. The number of nitrogens with one attached hydrogen (secondary N) is 1. The summed E-state index contributed by atoms with van der Waals surface area (Å²) < 4.78 is 5.36. The Morgan fingerprint density at radius 1 is 1.20 bits per heavy atom. The van der Waals surface area contributed by atoms with Gasteiger partial charge in [-0.1, -0.05) is 0 Å². The third-order valence-corrected chi connectivity index (χ3v) is 4.80. The van der Waals surface area contributed by atoms with E-state index in [2.05, 4.69) is 31.0 Å². The van der Waals surface area contributed by atoms with Gasteiger partial charge in [0.15, 0.2) is 0 Å². The van der Waals surface area contributed by atoms with Crippen LogP contribution in [0.4, 0.5) is 11.4 Å². The fourth-order valence-corrected chi connectivity index (χ4v) is 3.20. The zero-order valence-electron chi connectivity index (χ0n) is 15.5. The molecule has 0 fully saturated rings. The molecule has 2 rings (SSSR count). The second kappa shape index (κ2) is 8.81. The molecule has 0 aliphatic carbocycles. The van der Waals surface area contributed by atoms with E-state index < -0.39 is 0 Å². The highest BCUT2D eigenvalue weighted by molar-refractivity contribution is 7.98. The maximum atomic E-state index is 12.6. The van der Waals surface area contributed by atoms with Crippen molar-refractivity contribution in [2.24, 2.45) is 0 Å². The van der Waals surface area contributed by atoms with Gasteiger partial charge in [-0.05, 0) is 69.5 Å². The SMILES string of the molecule is CCN(c1ccc(NC(=O)c2ccc(SC)cc2OC)cc1)C(C)C. The molecule has 4 nitrogen and oxygen atoms in total. The minimum atomic E-state index is -0.173. The molecule has 5 heteroatoms. The summed E-state index contributed by atoms with van der Waals surface area (Å²) in [7, 11) is 1.58. The highest BCUT2D eigenvalue weighted by Gasteiger charge is 2.14. The van der Waals surface area contributed by atoms with E-state index in [9.17, 15) is 4.79 Å². The Morgan fingerprint density at radius 2 is 1.88 bits per heavy atom. The van der Waals surface area contributed by atoms with Crippen molar-refractivity contribution in [3.63, 3.8) is 0 Å². The van der Waals surface area contributed by atoms with Crippen molar-refractivity contribution in [2.45, 2.75) is 31.7 Å². The Kier molecular flexibility index (Phi) is 6.76. The number of thioether (sulfide) groups is 1. The molecule has 0 aromatic heterocycles. The number of benzene rings is 2. The molecule has 25 heavy (non-hydrogen) atoms. The first-order valence-corrected chi connectivity index (χ1v) is 9.62. The number of ether oxygens (including phenoxy) is 1. The summed E-state index contributed by atoms with van der Waals surface area (Å²) in [5.41, 5.74) is 2.45. The molecule has 0 atom stereocenters. The normalized spacial score (nSPS) is 10.6. The largest absolute Gasteiger partial charge is 0.496 e. The van der Waals surface area contributed by atoms with Crippen molar-refractivity contribution >= 4 is 29.0 Å². The van der Waals surface area contributed by atoms with Gasteiger partial charge >= 0.3 is 0 Å². The number of amides is 1. The molecule has 0 spiro atoms. The lowest BCUT2D eigenvalue weighted by Gasteiger charge is -2.27. The molecule has 0 heterocycles. The quantitative estimate of drug-likeness (QED) is 0.715. The lowest BCUT2D eigenvalue weighted by atomic mass is 10.1. The second-order valence-electron chi connectivity index (χ2n) is 5.95. The molecule has 1 amide bonds. The average Bonchev–Trinajstić information content (AvgIpc) is 2.62. The van der Waals surface area contributed by atoms with E-state index in [1.165, 1.54) is 0 Å². The van der Waals surface area contributed by atoms with Crippen LogP contribution in [-0.2, 0) is 0 Å². The number of carbonyl (C=O) groups excluding carboxylic acids is 1. The van der Waals surface area contributed by atoms with Crippen molar-refractivity contribution in [3.05, 3.63) is 48.0 Å². The van der Waals surface area contributed by atoms with Crippen LogP contribution in [0.3, 0.4) is 0 Å². The molecule has 134 valence electrons. The van der Waals surface area contributed by atoms with E-state index >= 15 is 0 Å². The fourth-order valence-electron chi connectivity index (χ4n) is 2.77. The molecule has 1 N–H and O–H groups in total. The monoisotopic (exact) mass is 358 g/mol. The first kappa shape index (κ1) is 19.2. The van der Waals surface area contributed by atoms with Crippen LogP contribution in [0.1, 0.15) is 31.1 Å². The third-order valence-electron chi connectivity index (χ3n) is 4.07. The zero-order chi connectivity index (χ0) is 18.4. The van der Waals surface area contributed by atoms with Crippen molar-refractivity contribution in [1.82, 2.24) is 0 Å². The molecular formula is C20H26N2O2S. The Morgan fingerprint density at radius 3 is 2.40 bits per heavy atom. The number of nitrogens with zero attached hydrogens (tertiary/aromatic N) is 1. The van der Waals surface area contributed by atoms with E-state index in [1.807, 2.05) is 42.7 Å². The Balaban J connectivity index is 2.16. The number of carbonyl (C=O) groups is 1. The summed E-state index contributed by atoms with van der Waals surface area (Å²) in [5, 5.41) is 2.94. The Bertz CT molecular complexity index is 714. The minimum Gasteiger partial charge on any atom is -0.496 e. The summed E-state index contributed by atoms with van der Waals surface area (Å²) in [6.45, 7) is 7.43. The van der Waals surface area contributed by atoms with E-state index in [4.69, 9.17) is 4.74 Å². The maximum Gasteiger partial charge on any atom is 0.259 e. The van der Waals surface area contributed by atoms with Crippen LogP contribution in [0.15, 0.2) is 47.4 Å². The van der Waals surface area contributed by atoms with Crippen LogP contribution >= 0.6 is 11.8 Å². The summed E-state index contributed by atoms with van der Waals surface area (Å²) in [6, 6.07) is 14.0. The number of anilines is 2. The molecule has 0 saturated heterocycles. The van der Waals surface area contributed by atoms with Gasteiger partial charge in [-0.2, -0.15) is 0 Å². The topological polar surface area (TPSA) is 41.6 Å². The molecule has 0 saturated carbocycles. The van der Waals surface area contributed by atoms with Gasteiger partial charge in [0.2, 0.25) is 0 Å². The van der Waals surface area contributed by atoms with Crippen molar-refractivity contribution in [1.29, 1.82) is 0 Å². The number of methoxy groups -OCH3 is 1. The van der Waals surface area contributed by atoms with Crippen molar-refractivity contribution in [3.8, 4) is 5.75 Å². The molecule has 0 aliphatic heterocycles. The smallest absolute Gasteiger partial charge is 0.259 e. The molecule has 0 radical (unpaired) electrons. The van der Waals surface area contributed by atoms with Crippen molar-refractivity contribution < 1.29 is 9.53 Å². The molecule has 0 aliphatic rings. The Labute approximate surface area is 154 Å². The van der Waals surface area contributed by atoms with Crippen molar-refractivity contribution in [2.75, 3.05) is 30.1 Å². The second-order valence-corrected chi connectivity index (χ2v) is 6.83. The van der Waals surface area contributed by atoms with Crippen LogP contribution in [0.2, 0.25) is 0 Å². The highest BCUT2D eigenvalue weighted by Crippen LogP contribution is 2.26. The predicted octanol–water partition coefficient (Wildman–Crippen LogP) is 4.90. The summed E-state index contributed by atoms with van der Waals surface area (Å²) >= 11 is 1.62. The molecule has 0 bridgehead atoms. The van der Waals surface area contributed by atoms with E-state index in [0.29, 0.717) is 17.4 Å². The van der Waals surface area contributed by atoms with Crippen LogP contribution in [0, 0.1) is 0 Å². The molecule has 0 unspecified atom stereocenters. The lowest BCUT2D eigenvalue weighted by Crippen LogP contribution is -2.30. The summed E-state index contributed by atoms with van der Waals surface area (Å²) in [6.07, 6.45) is 1.99. The number of rotatable bonds is 7. The van der Waals surface area contributed by atoms with Gasteiger partial charge in [0.05, 0.1) is 12.7 Å². The van der Waals surface area contributed by atoms with Crippen LogP contribution in [0.25, 0.3) is 0 Å². The standard InChI is InChI=1S/C20H26N2O2S/c1-6-22(14(2)3)16-9-7-15(8-10-16)21-20(23)18-12-11-17(25-5)13-19(18)24-4/h7-14H,6H2,1-5H3,(H,21,23). The maximum absolute atomic E-state index is 12.6. The van der Waals surface area contributed by atoms with E-state index in [0.717, 1.165) is 22.8 Å². The van der Waals surface area contributed by atoms with Crippen LogP contribution < -0.4 is 15.0 Å². The van der Waals surface area contributed by atoms with E-state index in [1.54, 1.807) is 24.9 Å². The molecule has 2 aromatic rings. The molecular weight excluding hydrogens is 332 g/mol. The van der Waals surface area contributed by atoms with Gasteiger partial charge in [0.25, 0.3) is 5.91 Å². The van der Waals surface area contributed by atoms with Gasteiger partial charge in [-0.25, -0.2) is 0 Å². The lowest BCUT2D eigenvalue weighted by molar-refractivity contribution is 0.102. The first-order valence-electron chi connectivity index (χ1n) is 8.40. The summed E-state index contributed by atoms with van der Waals surface area (Å²) in [4.78, 5) is 15.9. The van der Waals surface area contributed by atoms with Gasteiger partial charge < -0.3 is 15.0 Å². The minimum absolute atomic E-state index is 0.173. The Hall–Kier alpha value is -2.14. The third kappa shape index (κ3) is 4.69.